The molecule has 1 N–H and O–H groups in total. The highest BCUT2D eigenvalue weighted by Gasteiger charge is 2.23. The lowest BCUT2D eigenvalue weighted by atomic mass is 9.97. The van der Waals surface area contributed by atoms with Crippen molar-refractivity contribution in [3.63, 3.8) is 0 Å². The lowest BCUT2D eigenvalue weighted by Gasteiger charge is -2.30. The molecule has 0 bridgehead atoms. The van der Waals surface area contributed by atoms with Crippen molar-refractivity contribution in [2.24, 2.45) is 5.92 Å². The summed E-state index contributed by atoms with van der Waals surface area (Å²) in [6.07, 6.45) is 1.92. The largest absolute Gasteiger partial charge is 0.482 e. The van der Waals surface area contributed by atoms with Crippen molar-refractivity contribution in [3.8, 4) is 5.75 Å². The number of rotatable bonds is 6. The smallest absolute Gasteiger partial charge is 0.298 e. The Morgan fingerprint density at radius 2 is 2.00 bits per heavy atom. The summed E-state index contributed by atoms with van der Waals surface area (Å²) in [5.74, 6) is 0.689. The fourth-order valence-corrected chi connectivity index (χ4v) is 3.83. The Morgan fingerprint density at radius 3 is 2.76 bits per heavy atom. The van der Waals surface area contributed by atoms with Crippen molar-refractivity contribution in [1.29, 1.82) is 0 Å². The van der Waals surface area contributed by atoms with Crippen LogP contribution in [0.1, 0.15) is 12.8 Å². The standard InChI is InChI=1S/C21H21Cl2N3O3/c22-15-5-6-18(16(23)11-15)28-13-20(27)24-12-14-7-9-26(10-8-14)21-25-17-3-1-2-4-19(17)29-21/h1-6,11,14H,7-10,12-13H2,(H,24,27). The molecule has 6 nitrogen and oxygen atoms in total. The van der Waals surface area contributed by atoms with E-state index in [9.17, 15) is 4.79 Å². The van der Waals surface area contributed by atoms with Gasteiger partial charge >= 0.3 is 0 Å². The third kappa shape index (κ3) is 4.95. The molecule has 1 aromatic heterocycles. The quantitative estimate of drug-likeness (QED) is 0.617. The third-order valence-corrected chi connectivity index (χ3v) is 5.54. The first-order valence-corrected chi connectivity index (χ1v) is 10.3. The van der Waals surface area contributed by atoms with Crippen LogP contribution in [0.5, 0.6) is 5.75 Å². The molecule has 1 aliphatic heterocycles. The number of amides is 1. The fourth-order valence-electron chi connectivity index (χ4n) is 3.37. The number of nitrogens with one attached hydrogen (secondary N) is 1. The highest BCUT2D eigenvalue weighted by Crippen LogP contribution is 2.28. The van der Waals surface area contributed by atoms with Gasteiger partial charge in [0.25, 0.3) is 11.9 Å². The number of piperidine rings is 1. The summed E-state index contributed by atoms with van der Waals surface area (Å²) in [7, 11) is 0. The molecule has 0 aliphatic carbocycles. The number of carbonyl (C=O) groups is 1. The molecule has 29 heavy (non-hydrogen) atoms. The van der Waals surface area contributed by atoms with Crippen molar-refractivity contribution in [2.45, 2.75) is 12.8 Å². The number of hydrogen-bond donors (Lipinski definition) is 1. The number of aromatic nitrogens is 1. The minimum atomic E-state index is -0.169. The maximum absolute atomic E-state index is 12.1. The summed E-state index contributed by atoms with van der Waals surface area (Å²) in [6, 6.07) is 13.3. The molecule has 8 heteroatoms. The fraction of sp³-hybridized carbons (Fsp3) is 0.333. The van der Waals surface area contributed by atoms with Gasteiger partial charge in [0.1, 0.15) is 11.3 Å². The monoisotopic (exact) mass is 433 g/mol. The van der Waals surface area contributed by atoms with Crippen LogP contribution in [-0.4, -0.2) is 37.1 Å². The van der Waals surface area contributed by atoms with Crippen molar-refractivity contribution >= 4 is 46.2 Å². The Hall–Kier alpha value is -2.44. The number of nitrogens with zero attached hydrogens (tertiary/aromatic N) is 2. The van der Waals surface area contributed by atoms with Crippen LogP contribution >= 0.6 is 23.2 Å². The molecule has 0 unspecified atom stereocenters. The van der Waals surface area contributed by atoms with Gasteiger partial charge in [-0.25, -0.2) is 0 Å². The van der Waals surface area contributed by atoms with Crippen LogP contribution in [0.15, 0.2) is 46.9 Å². The Kier molecular flexibility index (Phi) is 6.11. The number of carbonyl (C=O) groups excluding carboxylic acids is 1. The first-order chi connectivity index (χ1) is 14.1. The molecule has 1 amide bonds. The first-order valence-electron chi connectivity index (χ1n) is 9.53. The van der Waals surface area contributed by atoms with E-state index in [4.69, 9.17) is 32.4 Å². The van der Waals surface area contributed by atoms with Crippen LogP contribution in [0.25, 0.3) is 11.1 Å². The molecule has 0 spiro atoms. The van der Waals surface area contributed by atoms with Gasteiger partial charge in [-0.3, -0.25) is 4.79 Å². The van der Waals surface area contributed by atoms with Gasteiger partial charge in [-0.2, -0.15) is 4.98 Å². The first kappa shape index (κ1) is 19.9. The van der Waals surface area contributed by atoms with Gasteiger partial charge < -0.3 is 19.4 Å². The molecule has 0 atom stereocenters. The van der Waals surface area contributed by atoms with Crippen LogP contribution in [0.3, 0.4) is 0 Å². The average Bonchev–Trinajstić information content (AvgIpc) is 3.16. The zero-order chi connectivity index (χ0) is 20.2. The Morgan fingerprint density at radius 1 is 1.21 bits per heavy atom. The van der Waals surface area contributed by atoms with E-state index in [1.54, 1.807) is 18.2 Å². The number of hydrogen-bond acceptors (Lipinski definition) is 5. The molecule has 152 valence electrons. The maximum Gasteiger partial charge on any atom is 0.298 e. The number of ether oxygens (including phenoxy) is 1. The molecule has 0 saturated carbocycles. The van der Waals surface area contributed by atoms with Crippen LogP contribution in [0.4, 0.5) is 6.01 Å². The van der Waals surface area contributed by atoms with Gasteiger partial charge in [-0.15, -0.1) is 0 Å². The topological polar surface area (TPSA) is 67.6 Å². The number of oxazole rings is 1. The Labute approximate surface area is 178 Å². The molecule has 2 heterocycles. The van der Waals surface area contributed by atoms with Crippen molar-refractivity contribution in [2.75, 3.05) is 31.1 Å². The predicted molar refractivity (Wildman–Crippen MR) is 114 cm³/mol. The highest BCUT2D eigenvalue weighted by atomic mass is 35.5. The third-order valence-electron chi connectivity index (χ3n) is 5.01. The van der Waals surface area contributed by atoms with E-state index in [0.717, 1.165) is 37.0 Å². The minimum Gasteiger partial charge on any atom is -0.482 e. The summed E-state index contributed by atoms with van der Waals surface area (Å²) >= 11 is 11.9. The van der Waals surface area contributed by atoms with Gasteiger partial charge in [0.05, 0.1) is 5.02 Å². The molecule has 0 radical (unpaired) electrons. The average molecular weight is 434 g/mol. The molecular weight excluding hydrogens is 413 g/mol. The molecule has 1 fully saturated rings. The van der Waals surface area contributed by atoms with Crippen molar-refractivity contribution < 1.29 is 13.9 Å². The molecular formula is C21H21Cl2N3O3. The Bertz CT molecular complexity index is 967. The molecule has 1 aliphatic rings. The van der Waals surface area contributed by atoms with Gasteiger partial charge in [-0.1, -0.05) is 35.3 Å². The summed E-state index contributed by atoms with van der Waals surface area (Å²) in [6.45, 7) is 2.25. The highest BCUT2D eigenvalue weighted by molar-refractivity contribution is 6.35. The van der Waals surface area contributed by atoms with E-state index in [1.807, 2.05) is 24.3 Å². The van der Waals surface area contributed by atoms with Crippen molar-refractivity contribution in [3.05, 3.63) is 52.5 Å². The van der Waals surface area contributed by atoms with Crippen LogP contribution in [-0.2, 0) is 4.79 Å². The summed E-state index contributed by atoms with van der Waals surface area (Å²) in [5.41, 5.74) is 1.68. The summed E-state index contributed by atoms with van der Waals surface area (Å²) < 4.78 is 11.3. The van der Waals surface area contributed by atoms with E-state index in [1.165, 1.54) is 0 Å². The summed E-state index contributed by atoms with van der Waals surface area (Å²) in [5, 5.41) is 3.85. The lowest BCUT2D eigenvalue weighted by Crippen LogP contribution is -2.39. The van der Waals surface area contributed by atoms with Gasteiger partial charge in [-0.05, 0) is 49.1 Å². The second kappa shape index (κ2) is 8.93. The van der Waals surface area contributed by atoms with Crippen LogP contribution in [0, 0.1) is 5.92 Å². The molecule has 2 aromatic carbocycles. The van der Waals surface area contributed by atoms with Crippen molar-refractivity contribution in [1.82, 2.24) is 10.3 Å². The van der Waals surface area contributed by atoms with Gasteiger partial charge in [0.15, 0.2) is 12.2 Å². The Balaban J connectivity index is 1.21. The number of fused-ring (bicyclic) bond motifs is 1. The van der Waals surface area contributed by atoms with E-state index >= 15 is 0 Å². The van der Waals surface area contributed by atoms with E-state index < -0.39 is 0 Å². The maximum atomic E-state index is 12.1. The lowest BCUT2D eigenvalue weighted by molar-refractivity contribution is -0.123. The van der Waals surface area contributed by atoms with Gasteiger partial charge in [0, 0.05) is 24.7 Å². The van der Waals surface area contributed by atoms with E-state index in [2.05, 4.69) is 15.2 Å². The molecule has 4 rings (SSSR count). The predicted octanol–water partition coefficient (Wildman–Crippen LogP) is 4.55. The number of halogens is 2. The summed E-state index contributed by atoms with van der Waals surface area (Å²) in [4.78, 5) is 18.8. The second-order valence-corrected chi connectivity index (χ2v) is 7.91. The zero-order valence-corrected chi connectivity index (χ0v) is 17.2. The second-order valence-electron chi connectivity index (χ2n) is 7.06. The normalized spacial score (nSPS) is 14.9. The van der Waals surface area contributed by atoms with E-state index in [-0.39, 0.29) is 12.5 Å². The number of benzene rings is 2. The van der Waals surface area contributed by atoms with Crippen LogP contribution < -0.4 is 15.0 Å². The number of para-hydroxylation sites is 2. The van der Waals surface area contributed by atoms with Gasteiger partial charge in [0.2, 0.25) is 0 Å². The SMILES string of the molecule is O=C(COc1ccc(Cl)cc1Cl)NCC1CCN(c2nc3ccccc3o2)CC1. The molecule has 1 saturated heterocycles. The minimum absolute atomic E-state index is 0.0803. The van der Waals surface area contributed by atoms with E-state index in [0.29, 0.717) is 34.3 Å². The van der Waals surface area contributed by atoms with Crippen LogP contribution in [0.2, 0.25) is 10.0 Å². The molecule has 3 aromatic rings. The zero-order valence-electron chi connectivity index (χ0n) is 15.7. The number of anilines is 1.